The normalized spacial score (nSPS) is 34.0. The lowest BCUT2D eigenvalue weighted by Gasteiger charge is -2.23. The van der Waals surface area contributed by atoms with Gasteiger partial charge in [-0.2, -0.15) is 0 Å². The molecule has 170 valence electrons. The van der Waals surface area contributed by atoms with Crippen molar-refractivity contribution < 1.29 is 28.4 Å². The fraction of sp³-hybridized carbons (Fsp3) is 0.333. The van der Waals surface area contributed by atoms with Gasteiger partial charge in [-0.25, -0.2) is 0 Å². The minimum Gasteiger partial charge on any atom is -0.346 e. The molecule has 0 aromatic heterocycles. The first kappa shape index (κ1) is 21.0. The van der Waals surface area contributed by atoms with Crippen LogP contribution in [0.2, 0.25) is 0 Å². The molecule has 3 aliphatic heterocycles. The molecule has 0 aliphatic carbocycles. The lowest BCUT2D eigenvalue weighted by atomic mass is 10.0. The molecule has 3 heterocycles. The molecule has 3 saturated heterocycles. The van der Waals surface area contributed by atoms with E-state index in [1.807, 2.05) is 91.0 Å². The topological polar surface area (TPSA) is 55.4 Å². The molecule has 3 fully saturated rings. The smallest absolute Gasteiger partial charge is 0.184 e. The van der Waals surface area contributed by atoms with Gasteiger partial charge in [-0.3, -0.25) is 0 Å². The highest BCUT2D eigenvalue weighted by atomic mass is 16.8. The second-order valence-electron chi connectivity index (χ2n) is 8.44. The number of fused-ring (bicyclic) bond motifs is 3. The van der Waals surface area contributed by atoms with E-state index in [1.165, 1.54) is 0 Å². The van der Waals surface area contributed by atoms with Crippen molar-refractivity contribution in [2.24, 2.45) is 0 Å². The number of hydrogen-bond donors (Lipinski definition) is 0. The third kappa shape index (κ3) is 4.34. The molecule has 6 rings (SSSR count). The molecular formula is C27H26O6. The van der Waals surface area contributed by atoms with E-state index in [2.05, 4.69) is 0 Å². The summed E-state index contributed by atoms with van der Waals surface area (Å²) in [4.78, 5) is 0. The third-order valence-electron chi connectivity index (χ3n) is 6.25. The standard InChI is InChI=1S/C27H26O6/c1-4-10-18(11-5-1)25-28-16-21-23(32-26(30-21)19-12-6-2-7-13-19)24-22(17-29-25)31-27(33-24)20-14-8-3-9-15-20/h1-15,21-27H,16-17H2/t21-,22+,23-,24-,25?,26?,27?/m0/s1. The van der Waals surface area contributed by atoms with E-state index in [4.69, 9.17) is 28.4 Å². The molecule has 0 spiro atoms. The van der Waals surface area contributed by atoms with Gasteiger partial charge in [0.05, 0.1) is 13.2 Å². The highest BCUT2D eigenvalue weighted by molar-refractivity contribution is 5.19. The number of ether oxygens (including phenoxy) is 6. The number of benzene rings is 3. The summed E-state index contributed by atoms with van der Waals surface area (Å²) in [5.41, 5.74) is 2.88. The Morgan fingerprint density at radius 3 is 1.18 bits per heavy atom. The molecule has 3 aromatic carbocycles. The van der Waals surface area contributed by atoms with E-state index in [1.54, 1.807) is 0 Å². The highest BCUT2D eigenvalue weighted by Crippen LogP contribution is 2.42. The number of rotatable bonds is 3. The molecule has 0 N–H and O–H groups in total. The van der Waals surface area contributed by atoms with E-state index in [9.17, 15) is 0 Å². The van der Waals surface area contributed by atoms with Crippen LogP contribution < -0.4 is 0 Å². The maximum atomic E-state index is 6.42. The molecule has 6 nitrogen and oxygen atoms in total. The van der Waals surface area contributed by atoms with Gasteiger partial charge >= 0.3 is 0 Å². The van der Waals surface area contributed by atoms with Gasteiger partial charge in [0.15, 0.2) is 18.9 Å². The zero-order chi connectivity index (χ0) is 22.0. The van der Waals surface area contributed by atoms with Gasteiger partial charge in [0.25, 0.3) is 0 Å². The minimum absolute atomic E-state index is 0.316. The van der Waals surface area contributed by atoms with Crippen LogP contribution in [0.25, 0.3) is 0 Å². The second kappa shape index (κ2) is 9.35. The molecule has 3 aliphatic rings. The molecule has 0 amide bonds. The van der Waals surface area contributed by atoms with Gasteiger partial charge in [-0.1, -0.05) is 91.0 Å². The summed E-state index contributed by atoms with van der Waals surface area (Å²) >= 11 is 0. The summed E-state index contributed by atoms with van der Waals surface area (Å²) in [6.07, 6.45) is -2.85. The fourth-order valence-electron chi connectivity index (χ4n) is 4.59. The van der Waals surface area contributed by atoms with E-state index >= 15 is 0 Å². The Labute approximate surface area is 192 Å². The predicted molar refractivity (Wildman–Crippen MR) is 119 cm³/mol. The monoisotopic (exact) mass is 446 g/mol. The summed E-state index contributed by atoms with van der Waals surface area (Å²) in [5.74, 6) is 0. The van der Waals surface area contributed by atoms with Crippen molar-refractivity contribution in [2.75, 3.05) is 13.2 Å². The van der Waals surface area contributed by atoms with Crippen LogP contribution in [-0.2, 0) is 28.4 Å². The van der Waals surface area contributed by atoms with Crippen molar-refractivity contribution in [3.05, 3.63) is 108 Å². The summed E-state index contributed by atoms with van der Waals surface area (Å²) in [6, 6.07) is 29.8. The van der Waals surface area contributed by atoms with Gasteiger partial charge in [0.1, 0.15) is 24.4 Å². The molecule has 0 radical (unpaired) electrons. The van der Waals surface area contributed by atoms with E-state index in [0.717, 1.165) is 16.7 Å². The van der Waals surface area contributed by atoms with Crippen LogP contribution in [0.5, 0.6) is 0 Å². The van der Waals surface area contributed by atoms with Crippen LogP contribution in [0.15, 0.2) is 91.0 Å². The Hall–Kier alpha value is -2.58. The van der Waals surface area contributed by atoms with Crippen molar-refractivity contribution >= 4 is 0 Å². The first-order valence-electron chi connectivity index (χ1n) is 11.3. The molecule has 3 unspecified atom stereocenters. The molecule has 7 atom stereocenters. The second-order valence-corrected chi connectivity index (χ2v) is 8.44. The van der Waals surface area contributed by atoms with Crippen LogP contribution in [0.3, 0.4) is 0 Å². The highest BCUT2D eigenvalue weighted by Gasteiger charge is 2.51. The maximum absolute atomic E-state index is 6.42. The first-order valence-corrected chi connectivity index (χ1v) is 11.3. The Morgan fingerprint density at radius 1 is 0.424 bits per heavy atom. The summed E-state index contributed by atoms with van der Waals surface area (Å²) in [5, 5.41) is 0. The average molecular weight is 446 g/mol. The summed E-state index contributed by atoms with van der Waals surface area (Å²) < 4.78 is 37.9. The average Bonchev–Trinajstić information content (AvgIpc) is 3.50. The molecule has 33 heavy (non-hydrogen) atoms. The largest absolute Gasteiger partial charge is 0.346 e. The first-order chi connectivity index (χ1) is 16.3. The van der Waals surface area contributed by atoms with Crippen molar-refractivity contribution in [2.45, 2.75) is 43.3 Å². The van der Waals surface area contributed by atoms with Crippen LogP contribution in [0.4, 0.5) is 0 Å². The van der Waals surface area contributed by atoms with Crippen molar-refractivity contribution in [3.63, 3.8) is 0 Å². The predicted octanol–water partition coefficient (Wildman–Crippen LogP) is 4.70. The van der Waals surface area contributed by atoms with Crippen LogP contribution in [-0.4, -0.2) is 37.6 Å². The Morgan fingerprint density at radius 2 is 0.788 bits per heavy atom. The quantitative estimate of drug-likeness (QED) is 0.582. The van der Waals surface area contributed by atoms with Gasteiger partial charge in [-0.15, -0.1) is 0 Å². The Bertz CT molecular complexity index is 965. The Balaban J connectivity index is 1.29. The number of hydrogen-bond acceptors (Lipinski definition) is 6. The third-order valence-corrected chi connectivity index (χ3v) is 6.25. The SMILES string of the molecule is c1ccc(C2OC[C@@H]3OC(c4ccccc4)O[C@@H]3[C@H]3OC(c4ccccc4)O[C@@H]3CO2)cc1. The summed E-state index contributed by atoms with van der Waals surface area (Å²) in [6.45, 7) is 0.631. The van der Waals surface area contributed by atoms with Crippen molar-refractivity contribution in [1.29, 1.82) is 0 Å². The van der Waals surface area contributed by atoms with E-state index in [-0.39, 0.29) is 24.4 Å². The lowest BCUT2D eigenvalue weighted by molar-refractivity contribution is -0.180. The summed E-state index contributed by atoms with van der Waals surface area (Å²) in [7, 11) is 0. The van der Waals surface area contributed by atoms with Gasteiger partial charge in [0.2, 0.25) is 0 Å². The van der Waals surface area contributed by atoms with Gasteiger partial charge in [-0.05, 0) is 0 Å². The zero-order valence-electron chi connectivity index (χ0n) is 18.1. The van der Waals surface area contributed by atoms with Crippen molar-refractivity contribution in [1.82, 2.24) is 0 Å². The van der Waals surface area contributed by atoms with Crippen LogP contribution in [0, 0.1) is 0 Å². The molecule has 0 bridgehead atoms. The van der Waals surface area contributed by atoms with Crippen LogP contribution in [0.1, 0.15) is 35.6 Å². The fourth-order valence-corrected chi connectivity index (χ4v) is 4.59. The molecule has 0 saturated carbocycles. The molecule has 3 aromatic rings. The van der Waals surface area contributed by atoms with E-state index < -0.39 is 18.9 Å². The van der Waals surface area contributed by atoms with Crippen LogP contribution >= 0.6 is 0 Å². The molecular weight excluding hydrogens is 420 g/mol. The minimum atomic E-state index is -0.524. The van der Waals surface area contributed by atoms with Gasteiger partial charge in [0, 0.05) is 16.7 Å². The van der Waals surface area contributed by atoms with Gasteiger partial charge < -0.3 is 28.4 Å². The molecule has 6 heteroatoms. The zero-order valence-corrected chi connectivity index (χ0v) is 18.1. The van der Waals surface area contributed by atoms with Crippen molar-refractivity contribution in [3.8, 4) is 0 Å². The lowest BCUT2D eigenvalue weighted by Crippen LogP contribution is -2.43. The Kier molecular flexibility index (Phi) is 5.94. The maximum Gasteiger partial charge on any atom is 0.184 e. The van der Waals surface area contributed by atoms with E-state index in [0.29, 0.717) is 13.2 Å².